The van der Waals surface area contributed by atoms with E-state index in [9.17, 15) is 4.79 Å². The molecule has 0 saturated carbocycles. The monoisotopic (exact) mass is 282 g/mol. The Morgan fingerprint density at radius 1 is 1.20 bits per heavy atom. The molecule has 0 atom stereocenters. The molecule has 0 bridgehead atoms. The van der Waals surface area contributed by atoms with Gasteiger partial charge in [-0.2, -0.15) is 0 Å². The van der Waals surface area contributed by atoms with Gasteiger partial charge in [-0.1, -0.05) is 18.2 Å². The zero-order chi connectivity index (χ0) is 14.1. The van der Waals surface area contributed by atoms with Crippen LogP contribution in [-0.4, -0.2) is 15.8 Å². The van der Waals surface area contributed by atoms with E-state index in [2.05, 4.69) is 9.97 Å². The number of ketones is 1. The fourth-order valence-corrected chi connectivity index (χ4v) is 3.12. The lowest BCUT2D eigenvalue weighted by molar-refractivity contribution is 0.0994. The SMILES string of the molecule is Cc1nc(CC(=O)c2ccnc3ccccc23)sc1C. The molecule has 3 nitrogen and oxygen atoms in total. The quantitative estimate of drug-likeness (QED) is 0.687. The van der Waals surface area contributed by atoms with Crippen molar-refractivity contribution in [1.29, 1.82) is 0 Å². The molecule has 0 spiro atoms. The lowest BCUT2D eigenvalue weighted by Crippen LogP contribution is -2.04. The van der Waals surface area contributed by atoms with Gasteiger partial charge in [-0.3, -0.25) is 9.78 Å². The summed E-state index contributed by atoms with van der Waals surface area (Å²) in [7, 11) is 0. The van der Waals surface area contributed by atoms with Crippen molar-refractivity contribution in [1.82, 2.24) is 9.97 Å². The number of thiazole rings is 1. The lowest BCUT2D eigenvalue weighted by Gasteiger charge is -2.03. The van der Waals surface area contributed by atoms with E-state index in [0.29, 0.717) is 6.42 Å². The number of benzene rings is 1. The zero-order valence-electron chi connectivity index (χ0n) is 11.4. The Balaban J connectivity index is 1.96. The standard InChI is InChI=1S/C16H14N2OS/c1-10-11(2)20-16(18-10)9-15(19)13-7-8-17-14-6-4-3-5-12(13)14/h3-8H,9H2,1-2H3. The maximum absolute atomic E-state index is 12.5. The average molecular weight is 282 g/mol. The molecular weight excluding hydrogens is 268 g/mol. The van der Waals surface area contributed by atoms with E-state index in [1.165, 1.54) is 4.88 Å². The molecule has 3 aromatic rings. The average Bonchev–Trinajstić information content (AvgIpc) is 2.76. The van der Waals surface area contributed by atoms with Crippen molar-refractivity contribution in [2.45, 2.75) is 20.3 Å². The minimum absolute atomic E-state index is 0.0948. The first-order valence-electron chi connectivity index (χ1n) is 6.45. The summed E-state index contributed by atoms with van der Waals surface area (Å²) in [6.07, 6.45) is 2.04. The van der Waals surface area contributed by atoms with Crippen molar-refractivity contribution in [2.75, 3.05) is 0 Å². The van der Waals surface area contributed by atoms with Crippen molar-refractivity contribution in [3.8, 4) is 0 Å². The molecule has 2 aromatic heterocycles. The number of nitrogens with zero attached hydrogens (tertiary/aromatic N) is 2. The molecule has 1 aromatic carbocycles. The van der Waals surface area contributed by atoms with Gasteiger partial charge in [0, 0.05) is 22.0 Å². The van der Waals surface area contributed by atoms with Crippen LogP contribution in [0.3, 0.4) is 0 Å². The number of aromatic nitrogens is 2. The van der Waals surface area contributed by atoms with E-state index in [4.69, 9.17) is 0 Å². The maximum Gasteiger partial charge on any atom is 0.170 e. The molecule has 0 fully saturated rings. The van der Waals surface area contributed by atoms with Gasteiger partial charge in [0.2, 0.25) is 0 Å². The van der Waals surface area contributed by atoms with Crippen LogP contribution in [0, 0.1) is 13.8 Å². The number of hydrogen-bond donors (Lipinski definition) is 0. The van der Waals surface area contributed by atoms with Crippen molar-refractivity contribution < 1.29 is 4.79 Å². The molecule has 0 radical (unpaired) electrons. The van der Waals surface area contributed by atoms with Crippen molar-refractivity contribution >= 4 is 28.0 Å². The largest absolute Gasteiger partial charge is 0.294 e. The van der Waals surface area contributed by atoms with Gasteiger partial charge in [0.15, 0.2) is 5.78 Å². The highest BCUT2D eigenvalue weighted by atomic mass is 32.1. The van der Waals surface area contributed by atoms with Crippen LogP contribution in [-0.2, 0) is 6.42 Å². The Morgan fingerprint density at radius 3 is 2.75 bits per heavy atom. The number of para-hydroxylation sites is 1. The van der Waals surface area contributed by atoms with Crippen LogP contribution >= 0.6 is 11.3 Å². The van der Waals surface area contributed by atoms with Gasteiger partial charge in [-0.15, -0.1) is 11.3 Å². The Bertz CT molecular complexity index is 767. The molecule has 0 saturated heterocycles. The second-order valence-corrected chi connectivity index (χ2v) is 6.01. The Kier molecular flexibility index (Phi) is 3.32. The fraction of sp³-hybridized carbons (Fsp3) is 0.188. The molecule has 20 heavy (non-hydrogen) atoms. The first-order chi connectivity index (χ1) is 9.65. The molecule has 0 amide bonds. The third-order valence-electron chi connectivity index (χ3n) is 3.33. The predicted octanol–water partition coefficient (Wildman–Crippen LogP) is 3.73. The molecule has 4 heteroatoms. The third kappa shape index (κ3) is 2.34. The van der Waals surface area contributed by atoms with Crippen LogP contribution in [0.1, 0.15) is 25.9 Å². The van der Waals surface area contributed by atoms with Crippen molar-refractivity contribution in [3.63, 3.8) is 0 Å². The minimum Gasteiger partial charge on any atom is -0.294 e. The molecule has 0 unspecified atom stereocenters. The topological polar surface area (TPSA) is 42.9 Å². The zero-order valence-corrected chi connectivity index (χ0v) is 12.2. The molecule has 3 rings (SSSR count). The van der Waals surface area contributed by atoms with E-state index >= 15 is 0 Å². The lowest BCUT2D eigenvalue weighted by atomic mass is 10.0. The summed E-state index contributed by atoms with van der Waals surface area (Å²) in [4.78, 5) is 22.4. The predicted molar refractivity (Wildman–Crippen MR) is 81.4 cm³/mol. The number of Topliss-reactive ketones (excluding diaryl/α,β-unsaturated/α-hetero) is 1. The summed E-state index contributed by atoms with van der Waals surface area (Å²) < 4.78 is 0. The highest BCUT2D eigenvalue weighted by Crippen LogP contribution is 2.21. The number of fused-ring (bicyclic) bond motifs is 1. The Hall–Kier alpha value is -2.07. The van der Waals surface area contributed by atoms with E-state index in [1.807, 2.05) is 38.1 Å². The third-order valence-corrected chi connectivity index (χ3v) is 4.41. The first-order valence-corrected chi connectivity index (χ1v) is 7.26. The summed E-state index contributed by atoms with van der Waals surface area (Å²) in [5.74, 6) is 0.0948. The number of carbonyl (C=O) groups excluding carboxylic acids is 1. The number of aryl methyl sites for hydroxylation is 2. The van der Waals surface area contributed by atoms with Gasteiger partial charge in [0.1, 0.15) is 5.01 Å². The van der Waals surface area contributed by atoms with Gasteiger partial charge >= 0.3 is 0 Å². The van der Waals surface area contributed by atoms with Crippen molar-refractivity contribution in [3.05, 3.63) is 57.7 Å². The molecular formula is C16H14N2OS. The maximum atomic E-state index is 12.5. The fourth-order valence-electron chi connectivity index (χ4n) is 2.19. The Labute approximate surface area is 121 Å². The van der Waals surface area contributed by atoms with Crippen molar-refractivity contribution in [2.24, 2.45) is 0 Å². The van der Waals surface area contributed by atoms with Crippen LogP contribution in [0.15, 0.2) is 36.5 Å². The van der Waals surface area contributed by atoms with Gasteiger partial charge in [0.05, 0.1) is 17.6 Å². The Morgan fingerprint density at radius 2 is 2.00 bits per heavy atom. The van der Waals surface area contributed by atoms with E-state index in [0.717, 1.165) is 27.2 Å². The highest BCUT2D eigenvalue weighted by molar-refractivity contribution is 7.11. The summed E-state index contributed by atoms with van der Waals surface area (Å²) in [5.41, 5.74) is 2.59. The molecule has 0 N–H and O–H groups in total. The van der Waals surface area contributed by atoms with Crippen LogP contribution in [0.25, 0.3) is 10.9 Å². The number of carbonyl (C=O) groups is 1. The van der Waals surface area contributed by atoms with Gasteiger partial charge in [0.25, 0.3) is 0 Å². The second-order valence-electron chi connectivity index (χ2n) is 4.72. The number of rotatable bonds is 3. The summed E-state index contributed by atoms with van der Waals surface area (Å²) in [6, 6.07) is 9.51. The summed E-state index contributed by atoms with van der Waals surface area (Å²) in [6.45, 7) is 4.00. The van der Waals surface area contributed by atoms with Crippen LogP contribution in [0.4, 0.5) is 0 Å². The second kappa shape index (κ2) is 5.13. The van der Waals surface area contributed by atoms with E-state index in [-0.39, 0.29) is 5.78 Å². The normalized spacial score (nSPS) is 10.9. The summed E-state index contributed by atoms with van der Waals surface area (Å²) >= 11 is 1.60. The van der Waals surface area contributed by atoms with Gasteiger partial charge in [-0.25, -0.2) is 4.98 Å². The molecule has 100 valence electrons. The van der Waals surface area contributed by atoms with Crippen LogP contribution in [0.5, 0.6) is 0 Å². The molecule has 2 heterocycles. The van der Waals surface area contributed by atoms with Gasteiger partial charge in [-0.05, 0) is 26.0 Å². The van der Waals surface area contributed by atoms with Gasteiger partial charge < -0.3 is 0 Å². The summed E-state index contributed by atoms with van der Waals surface area (Å²) in [5, 5.41) is 1.79. The first kappa shape index (κ1) is 12.9. The molecule has 0 aliphatic heterocycles. The van der Waals surface area contributed by atoms with Crippen LogP contribution in [0.2, 0.25) is 0 Å². The van der Waals surface area contributed by atoms with E-state index < -0.39 is 0 Å². The molecule has 0 aliphatic rings. The molecule has 0 aliphatic carbocycles. The minimum atomic E-state index is 0.0948. The number of hydrogen-bond acceptors (Lipinski definition) is 4. The smallest absolute Gasteiger partial charge is 0.170 e. The highest BCUT2D eigenvalue weighted by Gasteiger charge is 2.14. The van der Waals surface area contributed by atoms with E-state index in [1.54, 1.807) is 23.6 Å². The van der Waals surface area contributed by atoms with Crippen LogP contribution < -0.4 is 0 Å². The number of pyridine rings is 1.